The van der Waals surface area contributed by atoms with Crippen LogP contribution in [-0.2, 0) is 4.74 Å². The number of alkyl halides is 2. The molecule has 0 aliphatic rings. The summed E-state index contributed by atoms with van der Waals surface area (Å²) in [6.45, 7) is 1.66. The fourth-order valence-corrected chi connectivity index (χ4v) is 1.61. The third kappa shape index (κ3) is 2.66. The van der Waals surface area contributed by atoms with E-state index in [2.05, 4.69) is 25.7 Å². The van der Waals surface area contributed by atoms with Gasteiger partial charge in [-0.3, -0.25) is 4.79 Å². The van der Waals surface area contributed by atoms with Gasteiger partial charge in [-0.1, -0.05) is 0 Å². The van der Waals surface area contributed by atoms with Gasteiger partial charge in [-0.05, 0) is 22.9 Å². The molecule has 1 rings (SSSR count). The number of pyridine rings is 1. The highest BCUT2D eigenvalue weighted by Crippen LogP contribution is 2.28. The molecule has 1 aromatic rings. The van der Waals surface area contributed by atoms with Crippen LogP contribution in [-0.4, -0.2) is 17.6 Å². The normalized spacial score (nSPS) is 10.6. The van der Waals surface area contributed by atoms with Gasteiger partial charge < -0.3 is 9.72 Å². The van der Waals surface area contributed by atoms with E-state index in [-0.39, 0.29) is 16.8 Å². The molecule has 0 spiro atoms. The largest absolute Gasteiger partial charge is 0.461 e. The number of rotatable bonds is 3. The first-order valence-electron chi connectivity index (χ1n) is 4.35. The molecule has 0 aromatic carbocycles. The maximum Gasteiger partial charge on any atom is 0.356 e. The van der Waals surface area contributed by atoms with Crippen LogP contribution in [0.25, 0.3) is 0 Å². The summed E-state index contributed by atoms with van der Waals surface area (Å²) < 4.78 is 29.5. The van der Waals surface area contributed by atoms with Gasteiger partial charge in [0.25, 0.3) is 6.43 Å². The smallest absolute Gasteiger partial charge is 0.356 e. The van der Waals surface area contributed by atoms with E-state index in [1.165, 1.54) is 0 Å². The van der Waals surface area contributed by atoms with Gasteiger partial charge in [0.1, 0.15) is 5.69 Å². The van der Waals surface area contributed by atoms with Crippen molar-refractivity contribution in [3.05, 3.63) is 32.2 Å². The summed E-state index contributed by atoms with van der Waals surface area (Å²) in [5.74, 6) is -0.853. The van der Waals surface area contributed by atoms with Crippen LogP contribution in [0.4, 0.5) is 8.78 Å². The number of carbonyl (C=O) groups is 1. The summed E-state index contributed by atoms with van der Waals surface area (Å²) >= 11 is 2.84. The lowest BCUT2D eigenvalue weighted by molar-refractivity contribution is 0.0517. The number of carbonyl (C=O) groups excluding carboxylic acids is 1. The van der Waals surface area contributed by atoms with Crippen LogP contribution >= 0.6 is 15.9 Å². The second kappa shape index (κ2) is 5.20. The van der Waals surface area contributed by atoms with Gasteiger partial charge in [-0.15, -0.1) is 0 Å². The Balaban J connectivity index is 3.29. The first kappa shape index (κ1) is 12.8. The SMILES string of the molecule is CCOC(=O)c1[nH]c(=O)cc(C(F)F)c1Br. The molecular weight excluding hydrogens is 288 g/mol. The first-order valence-corrected chi connectivity index (χ1v) is 5.14. The minimum Gasteiger partial charge on any atom is -0.461 e. The molecule has 0 amide bonds. The predicted molar refractivity (Wildman–Crippen MR) is 55.7 cm³/mol. The maximum absolute atomic E-state index is 12.5. The Morgan fingerprint density at radius 1 is 1.62 bits per heavy atom. The molecule has 1 heterocycles. The number of nitrogens with one attached hydrogen (secondary N) is 1. The number of esters is 1. The first-order chi connectivity index (χ1) is 7.47. The summed E-state index contributed by atoms with van der Waals surface area (Å²) in [7, 11) is 0. The molecule has 7 heteroatoms. The van der Waals surface area contributed by atoms with Gasteiger partial charge in [-0.25, -0.2) is 13.6 Å². The molecule has 0 bridgehead atoms. The lowest BCUT2D eigenvalue weighted by Crippen LogP contribution is -2.17. The molecule has 0 saturated carbocycles. The third-order valence-electron chi connectivity index (χ3n) is 1.72. The topological polar surface area (TPSA) is 59.2 Å². The van der Waals surface area contributed by atoms with Gasteiger partial charge >= 0.3 is 5.97 Å². The van der Waals surface area contributed by atoms with Crippen molar-refractivity contribution >= 4 is 21.9 Å². The second-order valence-corrected chi connectivity index (χ2v) is 3.59. The Morgan fingerprint density at radius 2 is 2.25 bits per heavy atom. The summed E-state index contributed by atoms with van der Waals surface area (Å²) in [5, 5.41) is 0. The summed E-state index contributed by atoms with van der Waals surface area (Å²) in [6.07, 6.45) is -2.84. The number of hydrogen-bond donors (Lipinski definition) is 1. The van der Waals surface area contributed by atoms with Crippen molar-refractivity contribution in [2.75, 3.05) is 6.61 Å². The molecule has 1 aromatic heterocycles. The lowest BCUT2D eigenvalue weighted by atomic mass is 10.2. The van der Waals surface area contributed by atoms with Crippen molar-refractivity contribution in [1.82, 2.24) is 4.98 Å². The van der Waals surface area contributed by atoms with Crippen LogP contribution in [0.15, 0.2) is 15.3 Å². The van der Waals surface area contributed by atoms with Crippen LogP contribution in [0, 0.1) is 0 Å². The molecule has 0 fully saturated rings. The molecule has 0 aliphatic heterocycles. The van der Waals surface area contributed by atoms with Gasteiger partial charge in [0.05, 0.1) is 11.1 Å². The average Bonchev–Trinajstić information content (AvgIpc) is 2.20. The fraction of sp³-hybridized carbons (Fsp3) is 0.333. The second-order valence-electron chi connectivity index (χ2n) is 2.80. The van der Waals surface area contributed by atoms with Crippen LogP contribution in [0.1, 0.15) is 29.4 Å². The predicted octanol–water partition coefficient (Wildman–Crippen LogP) is 2.25. The van der Waals surface area contributed by atoms with E-state index in [1.807, 2.05) is 0 Å². The van der Waals surface area contributed by atoms with Crippen molar-refractivity contribution < 1.29 is 18.3 Å². The van der Waals surface area contributed by atoms with Gasteiger partial charge in [0.2, 0.25) is 5.56 Å². The van der Waals surface area contributed by atoms with Crippen LogP contribution in [0.5, 0.6) is 0 Å². The molecule has 0 atom stereocenters. The van der Waals surface area contributed by atoms with Gasteiger partial charge in [0.15, 0.2) is 0 Å². The zero-order valence-electron chi connectivity index (χ0n) is 8.22. The molecule has 0 aliphatic carbocycles. The fourth-order valence-electron chi connectivity index (χ4n) is 1.07. The Morgan fingerprint density at radius 3 is 2.75 bits per heavy atom. The summed E-state index contributed by atoms with van der Waals surface area (Å²) in [5.41, 5.74) is -1.61. The number of H-pyrrole nitrogens is 1. The molecule has 4 nitrogen and oxygen atoms in total. The summed E-state index contributed by atoms with van der Waals surface area (Å²) in [4.78, 5) is 24.5. The quantitative estimate of drug-likeness (QED) is 0.870. The van der Waals surface area contributed by atoms with E-state index in [0.29, 0.717) is 0 Å². The summed E-state index contributed by atoms with van der Waals surface area (Å²) in [6, 6.07) is 0.734. The Kier molecular flexibility index (Phi) is 4.17. The van der Waals surface area contributed by atoms with Crippen molar-refractivity contribution in [1.29, 1.82) is 0 Å². The highest BCUT2D eigenvalue weighted by molar-refractivity contribution is 9.10. The Labute approximate surface area is 97.7 Å². The number of hydrogen-bond acceptors (Lipinski definition) is 3. The van der Waals surface area contributed by atoms with E-state index in [4.69, 9.17) is 0 Å². The van der Waals surface area contributed by atoms with E-state index in [9.17, 15) is 18.4 Å². The number of ether oxygens (including phenoxy) is 1. The van der Waals surface area contributed by atoms with Crippen LogP contribution in [0.3, 0.4) is 0 Å². The van der Waals surface area contributed by atoms with Crippen molar-refractivity contribution in [3.8, 4) is 0 Å². The van der Waals surface area contributed by atoms with Gasteiger partial charge in [0, 0.05) is 11.6 Å². The lowest BCUT2D eigenvalue weighted by Gasteiger charge is -2.07. The van der Waals surface area contributed by atoms with E-state index < -0.39 is 23.5 Å². The highest BCUT2D eigenvalue weighted by atomic mass is 79.9. The van der Waals surface area contributed by atoms with E-state index >= 15 is 0 Å². The molecular formula is C9H8BrF2NO3. The molecule has 0 saturated heterocycles. The maximum atomic E-state index is 12.5. The molecule has 1 N–H and O–H groups in total. The Bertz CT molecular complexity index is 459. The zero-order valence-corrected chi connectivity index (χ0v) is 9.81. The average molecular weight is 296 g/mol. The molecule has 0 radical (unpaired) electrons. The van der Waals surface area contributed by atoms with Crippen LogP contribution < -0.4 is 5.56 Å². The standard InChI is InChI=1S/C9H8BrF2NO3/c1-2-16-9(15)7-6(10)4(8(11)12)3-5(14)13-7/h3,8H,2H2,1H3,(H,13,14). The number of aromatic amines is 1. The molecule has 0 unspecified atom stereocenters. The van der Waals surface area contributed by atoms with Gasteiger partial charge in [-0.2, -0.15) is 0 Å². The minimum atomic E-state index is -2.84. The zero-order chi connectivity index (χ0) is 12.3. The van der Waals surface area contributed by atoms with Crippen molar-refractivity contribution in [3.63, 3.8) is 0 Å². The highest BCUT2D eigenvalue weighted by Gasteiger charge is 2.20. The number of aromatic nitrogens is 1. The van der Waals surface area contributed by atoms with E-state index in [0.717, 1.165) is 6.07 Å². The van der Waals surface area contributed by atoms with E-state index in [1.54, 1.807) is 6.92 Å². The van der Waals surface area contributed by atoms with Crippen LogP contribution in [0.2, 0.25) is 0 Å². The monoisotopic (exact) mass is 295 g/mol. The Hall–Kier alpha value is -1.24. The third-order valence-corrected chi connectivity index (χ3v) is 2.58. The van der Waals surface area contributed by atoms with Crippen molar-refractivity contribution in [2.45, 2.75) is 13.3 Å². The molecule has 88 valence electrons. The minimum absolute atomic E-state index is 0.0895. The van der Waals surface area contributed by atoms with Crippen molar-refractivity contribution in [2.24, 2.45) is 0 Å². The number of halogens is 3. The molecule has 16 heavy (non-hydrogen) atoms.